The van der Waals surface area contributed by atoms with Gasteiger partial charge in [0.05, 0.1) is 5.56 Å². The number of pyridine rings is 1. The maximum atomic E-state index is 12.8. The highest BCUT2D eigenvalue weighted by molar-refractivity contribution is 7.99. The molecule has 3 heterocycles. The van der Waals surface area contributed by atoms with Crippen molar-refractivity contribution in [3.8, 4) is 0 Å². The third-order valence-corrected chi connectivity index (χ3v) is 5.85. The lowest BCUT2D eigenvalue weighted by molar-refractivity contribution is 0.0756. The molecule has 1 unspecified atom stereocenters. The lowest BCUT2D eigenvalue weighted by Gasteiger charge is -2.23. The van der Waals surface area contributed by atoms with E-state index in [0.29, 0.717) is 5.56 Å². The van der Waals surface area contributed by atoms with Gasteiger partial charge in [-0.05, 0) is 40.8 Å². The van der Waals surface area contributed by atoms with Gasteiger partial charge in [-0.15, -0.1) is 23.5 Å². The van der Waals surface area contributed by atoms with Crippen LogP contribution >= 0.6 is 34.9 Å². The van der Waals surface area contributed by atoms with Crippen molar-refractivity contribution in [2.45, 2.75) is 10.4 Å². The molecule has 20 heavy (non-hydrogen) atoms. The highest BCUT2D eigenvalue weighted by Crippen LogP contribution is 2.40. The number of hydrogen-bond donors (Lipinski definition) is 0. The van der Waals surface area contributed by atoms with E-state index >= 15 is 0 Å². The summed E-state index contributed by atoms with van der Waals surface area (Å²) in [5.74, 6) is 1.07. The summed E-state index contributed by atoms with van der Waals surface area (Å²) in [6.07, 6.45) is 3.69. The third-order valence-electron chi connectivity index (χ3n) is 3.18. The largest absolute Gasteiger partial charge is 0.322 e. The van der Waals surface area contributed by atoms with Gasteiger partial charge in [0.15, 0.2) is 0 Å². The minimum absolute atomic E-state index is 0.0867. The lowest BCUT2D eigenvalue weighted by Crippen LogP contribution is -2.30. The van der Waals surface area contributed by atoms with Crippen molar-refractivity contribution in [3.05, 3.63) is 46.3 Å². The zero-order chi connectivity index (χ0) is 13.9. The first-order valence-corrected chi connectivity index (χ1v) is 9.46. The topological polar surface area (TPSA) is 33.2 Å². The summed E-state index contributed by atoms with van der Waals surface area (Å²) >= 11 is 5.02. The Bertz CT molecular complexity index is 600. The van der Waals surface area contributed by atoms with Crippen LogP contribution in [0.25, 0.3) is 0 Å². The van der Waals surface area contributed by atoms with Crippen LogP contribution in [0.4, 0.5) is 0 Å². The normalized spacial score (nSPS) is 18.4. The summed E-state index contributed by atoms with van der Waals surface area (Å²) in [4.78, 5) is 19.0. The van der Waals surface area contributed by atoms with Gasteiger partial charge in [0, 0.05) is 18.5 Å². The molecule has 0 N–H and O–H groups in total. The molecule has 3 rings (SSSR count). The van der Waals surface area contributed by atoms with E-state index in [2.05, 4.69) is 21.8 Å². The Morgan fingerprint density at radius 1 is 1.50 bits per heavy atom. The van der Waals surface area contributed by atoms with E-state index in [1.54, 1.807) is 17.5 Å². The summed E-state index contributed by atoms with van der Waals surface area (Å²) in [7, 11) is 0. The Kier molecular flexibility index (Phi) is 4.33. The van der Waals surface area contributed by atoms with Crippen LogP contribution in [0.15, 0.2) is 40.2 Å². The minimum Gasteiger partial charge on any atom is -0.322 e. The predicted octanol–water partition coefficient (Wildman–Crippen LogP) is 3.75. The summed E-state index contributed by atoms with van der Waals surface area (Å²) in [5, 5.41) is 5.14. The molecule has 0 saturated carbocycles. The van der Waals surface area contributed by atoms with E-state index in [1.165, 1.54) is 17.3 Å². The molecular formula is C14H14N2OS3. The van der Waals surface area contributed by atoms with Gasteiger partial charge in [0.25, 0.3) is 5.91 Å². The Morgan fingerprint density at radius 2 is 2.40 bits per heavy atom. The number of carbonyl (C=O) groups excluding carboxylic acids is 1. The molecule has 6 heteroatoms. The molecule has 0 radical (unpaired) electrons. The van der Waals surface area contributed by atoms with Gasteiger partial charge in [-0.3, -0.25) is 4.79 Å². The van der Waals surface area contributed by atoms with Crippen LogP contribution in [0.3, 0.4) is 0 Å². The molecule has 1 amide bonds. The van der Waals surface area contributed by atoms with E-state index < -0.39 is 0 Å². The first-order chi connectivity index (χ1) is 9.81. The Morgan fingerprint density at radius 3 is 3.15 bits per heavy atom. The first-order valence-electron chi connectivity index (χ1n) is 6.25. The smallest absolute Gasteiger partial charge is 0.257 e. The van der Waals surface area contributed by atoms with Crippen LogP contribution in [0, 0.1) is 0 Å². The second kappa shape index (κ2) is 6.20. The van der Waals surface area contributed by atoms with E-state index in [4.69, 9.17) is 0 Å². The molecule has 104 valence electrons. The number of thiophene rings is 1. The van der Waals surface area contributed by atoms with Gasteiger partial charge in [-0.1, -0.05) is 0 Å². The molecule has 0 bridgehead atoms. The van der Waals surface area contributed by atoms with E-state index in [-0.39, 0.29) is 11.3 Å². The molecule has 0 spiro atoms. The van der Waals surface area contributed by atoms with Crippen molar-refractivity contribution in [1.82, 2.24) is 9.88 Å². The first kappa shape index (κ1) is 14.0. The maximum Gasteiger partial charge on any atom is 0.257 e. The monoisotopic (exact) mass is 322 g/mol. The van der Waals surface area contributed by atoms with Crippen LogP contribution in [0.5, 0.6) is 0 Å². The van der Waals surface area contributed by atoms with E-state index in [1.807, 2.05) is 35.1 Å². The van der Waals surface area contributed by atoms with Crippen molar-refractivity contribution < 1.29 is 4.79 Å². The zero-order valence-corrected chi connectivity index (χ0v) is 13.4. The SMILES string of the molecule is CSc1ncccc1C(=O)N1CCSC1c1ccsc1. The van der Waals surface area contributed by atoms with Gasteiger partial charge >= 0.3 is 0 Å². The van der Waals surface area contributed by atoms with Crippen molar-refractivity contribution in [3.63, 3.8) is 0 Å². The van der Waals surface area contributed by atoms with Gasteiger partial charge in [-0.25, -0.2) is 4.98 Å². The fraction of sp³-hybridized carbons (Fsp3) is 0.286. The number of hydrogen-bond acceptors (Lipinski definition) is 5. The summed E-state index contributed by atoms with van der Waals surface area (Å²) in [6, 6.07) is 5.80. The van der Waals surface area contributed by atoms with E-state index in [0.717, 1.165) is 17.3 Å². The molecular weight excluding hydrogens is 308 g/mol. The molecule has 2 aromatic heterocycles. The molecule has 0 aliphatic carbocycles. The fourth-order valence-corrected chi connectivity index (χ4v) is 4.79. The summed E-state index contributed by atoms with van der Waals surface area (Å²) in [6.45, 7) is 0.798. The molecule has 1 saturated heterocycles. The Balaban J connectivity index is 1.90. The Hall–Kier alpha value is -0.980. The molecule has 2 aromatic rings. The van der Waals surface area contributed by atoms with Crippen LogP contribution in [0.2, 0.25) is 0 Å². The third kappa shape index (κ3) is 2.60. The number of amides is 1. The molecule has 1 fully saturated rings. The second-order valence-corrected chi connectivity index (χ2v) is 7.10. The summed E-state index contributed by atoms with van der Waals surface area (Å²) < 4.78 is 0. The molecule has 1 atom stereocenters. The number of carbonyl (C=O) groups is 1. The fourth-order valence-electron chi connectivity index (χ4n) is 2.24. The van der Waals surface area contributed by atoms with Gasteiger partial charge in [0.2, 0.25) is 0 Å². The average Bonchev–Trinajstić information content (AvgIpc) is 3.16. The van der Waals surface area contributed by atoms with Gasteiger partial charge in [-0.2, -0.15) is 11.3 Å². The van der Waals surface area contributed by atoms with Crippen molar-refractivity contribution >= 4 is 40.8 Å². The van der Waals surface area contributed by atoms with Crippen molar-refractivity contribution in [1.29, 1.82) is 0 Å². The van der Waals surface area contributed by atoms with Crippen LogP contribution in [-0.2, 0) is 0 Å². The standard InChI is InChI=1S/C14H14N2OS3/c1-18-12-11(3-2-5-15-12)13(17)16-6-8-20-14(16)10-4-7-19-9-10/h2-5,7,9,14H,6,8H2,1H3. The lowest BCUT2D eigenvalue weighted by atomic mass is 10.2. The molecule has 0 aromatic carbocycles. The number of nitrogens with zero attached hydrogens (tertiary/aromatic N) is 2. The second-order valence-electron chi connectivity index (χ2n) is 4.34. The Labute approximate surface area is 130 Å². The van der Waals surface area contributed by atoms with Crippen LogP contribution < -0.4 is 0 Å². The van der Waals surface area contributed by atoms with Crippen LogP contribution in [-0.4, -0.2) is 34.3 Å². The predicted molar refractivity (Wildman–Crippen MR) is 86.6 cm³/mol. The highest BCUT2D eigenvalue weighted by atomic mass is 32.2. The number of thioether (sulfide) groups is 2. The average molecular weight is 322 g/mol. The van der Waals surface area contributed by atoms with Crippen molar-refractivity contribution in [2.24, 2.45) is 0 Å². The van der Waals surface area contributed by atoms with Crippen molar-refractivity contribution in [2.75, 3.05) is 18.6 Å². The molecule has 1 aliphatic heterocycles. The quantitative estimate of drug-likeness (QED) is 0.806. The van der Waals surface area contributed by atoms with Gasteiger partial charge < -0.3 is 4.90 Å². The van der Waals surface area contributed by atoms with Crippen LogP contribution in [0.1, 0.15) is 21.3 Å². The highest BCUT2D eigenvalue weighted by Gasteiger charge is 2.32. The maximum absolute atomic E-state index is 12.8. The zero-order valence-electron chi connectivity index (χ0n) is 11.0. The molecule has 1 aliphatic rings. The number of aromatic nitrogens is 1. The summed E-state index contributed by atoms with van der Waals surface area (Å²) in [5.41, 5.74) is 1.93. The number of rotatable bonds is 3. The minimum atomic E-state index is 0.0867. The molecule has 3 nitrogen and oxygen atoms in total. The van der Waals surface area contributed by atoms with E-state index in [9.17, 15) is 4.79 Å². The van der Waals surface area contributed by atoms with Gasteiger partial charge in [0.1, 0.15) is 10.4 Å².